The molecule has 0 radical (unpaired) electrons. The summed E-state index contributed by atoms with van der Waals surface area (Å²) in [6.45, 7) is -1.05. The first kappa shape index (κ1) is 7.45. The average molecular weight is 161 g/mol. The Morgan fingerprint density at radius 2 is 2.64 bits per heavy atom. The maximum absolute atomic E-state index is 11.4. The van der Waals surface area contributed by atoms with Crippen LogP contribution in [0.25, 0.3) is 0 Å². The molecule has 0 aliphatic rings. The van der Waals surface area contributed by atoms with Crippen LogP contribution < -0.4 is 4.74 Å². The molecule has 0 bridgehead atoms. The molecule has 0 aromatic carbocycles. The number of hydrogen-bond acceptors (Lipinski definition) is 4. The maximum Gasteiger partial charge on any atom is 0.346 e. The quantitative estimate of drug-likeness (QED) is 0.520. The summed E-state index contributed by atoms with van der Waals surface area (Å²) in [5.74, 6) is -0.451. The smallest absolute Gasteiger partial charge is 0.346 e. The zero-order valence-corrected chi connectivity index (χ0v) is 5.28. The van der Waals surface area contributed by atoms with E-state index < -0.39 is 11.8 Å². The van der Waals surface area contributed by atoms with Gasteiger partial charge in [-0.2, -0.15) is 0 Å². The minimum atomic E-state index is -1.05. The van der Waals surface area contributed by atoms with E-state index in [-0.39, 0.29) is 11.7 Å². The van der Waals surface area contributed by atoms with Gasteiger partial charge in [-0.15, -0.1) is 5.10 Å². The molecule has 0 saturated heterocycles. The molecule has 11 heavy (non-hydrogen) atoms. The highest BCUT2D eigenvalue weighted by Gasteiger charge is 2.09. The second-order valence-electron chi connectivity index (χ2n) is 1.60. The number of nitro groups is 1. The fourth-order valence-electron chi connectivity index (χ4n) is 0.517. The van der Waals surface area contributed by atoms with Crippen LogP contribution in [-0.4, -0.2) is 22.0 Å². The van der Waals surface area contributed by atoms with Gasteiger partial charge in [-0.3, -0.25) is 0 Å². The van der Waals surface area contributed by atoms with Gasteiger partial charge in [0.2, 0.25) is 6.86 Å². The zero-order valence-electron chi connectivity index (χ0n) is 5.28. The van der Waals surface area contributed by atoms with Crippen LogP contribution in [-0.2, 0) is 0 Å². The van der Waals surface area contributed by atoms with Crippen molar-refractivity contribution in [2.75, 3.05) is 6.86 Å². The number of nitrogens with zero attached hydrogens (tertiary/aromatic N) is 2. The molecule has 0 atom stereocenters. The van der Waals surface area contributed by atoms with Gasteiger partial charge in [-0.1, -0.05) is 0 Å². The highest BCUT2D eigenvalue weighted by atomic mass is 19.1. The van der Waals surface area contributed by atoms with Crippen LogP contribution in [0.15, 0.2) is 6.07 Å². The van der Waals surface area contributed by atoms with E-state index in [1.54, 1.807) is 0 Å². The standard InChI is InChI=1S/C4H4FN3O3/c5-2-11-4-1-3(6-7-4)8(9)10/h1H,2H2,(H,6,7). The van der Waals surface area contributed by atoms with E-state index in [1.165, 1.54) is 0 Å². The molecule has 7 heteroatoms. The minimum absolute atomic E-state index is 0.126. The lowest BCUT2D eigenvalue weighted by atomic mass is 10.6. The molecule has 0 spiro atoms. The first-order chi connectivity index (χ1) is 5.24. The Labute approximate surface area is 60.1 Å². The van der Waals surface area contributed by atoms with Crippen LogP contribution in [0.2, 0.25) is 0 Å². The van der Waals surface area contributed by atoms with Crippen molar-refractivity contribution in [1.82, 2.24) is 10.2 Å². The van der Waals surface area contributed by atoms with Gasteiger partial charge >= 0.3 is 5.82 Å². The van der Waals surface area contributed by atoms with Crippen molar-refractivity contribution in [3.63, 3.8) is 0 Å². The monoisotopic (exact) mass is 161 g/mol. The number of aromatic amines is 1. The van der Waals surface area contributed by atoms with Crippen molar-refractivity contribution in [2.24, 2.45) is 0 Å². The minimum Gasteiger partial charge on any atom is -0.443 e. The maximum atomic E-state index is 11.4. The normalized spacial score (nSPS) is 9.55. The van der Waals surface area contributed by atoms with Gasteiger partial charge in [-0.05, 0) is 10.0 Å². The number of hydrogen-bond donors (Lipinski definition) is 1. The van der Waals surface area contributed by atoms with E-state index >= 15 is 0 Å². The largest absolute Gasteiger partial charge is 0.443 e. The first-order valence-corrected chi connectivity index (χ1v) is 2.62. The number of rotatable bonds is 3. The van der Waals surface area contributed by atoms with Crippen molar-refractivity contribution in [3.05, 3.63) is 16.2 Å². The number of nitrogens with one attached hydrogen (secondary N) is 1. The Hall–Kier alpha value is -1.66. The number of aromatic nitrogens is 2. The van der Waals surface area contributed by atoms with Crippen molar-refractivity contribution in [3.8, 4) is 5.88 Å². The molecular formula is C4H4FN3O3. The molecule has 1 aromatic heterocycles. The molecule has 0 fully saturated rings. The Morgan fingerprint density at radius 3 is 3.09 bits per heavy atom. The van der Waals surface area contributed by atoms with E-state index in [1.807, 2.05) is 5.10 Å². The molecule has 6 nitrogen and oxygen atoms in total. The molecule has 0 aliphatic heterocycles. The second-order valence-corrected chi connectivity index (χ2v) is 1.60. The molecular weight excluding hydrogens is 157 g/mol. The van der Waals surface area contributed by atoms with E-state index in [4.69, 9.17) is 0 Å². The fourth-order valence-corrected chi connectivity index (χ4v) is 0.517. The van der Waals surface area contributed by atoms with Gasteiger partial charge < -0.3 is 14.9 Å². The lowest BCUT2D eigenvalue weighted by molar-refractivity contribution is -0.389. The first-order valence-electron chi connectivity index (χ1n) is 2.62. The van der Waals surface area contributed by atoms with Crippen LogP contribution in [0.5, 0.6) is 5.88 Å². The summed E-state index contributed by atoms with van der Waals surface area (Å²) in [6, 6.07) is 1.000. The summed E-state index contributed by atoms with van der Waals surface area (Å²) in [7, 11) is 0. The van der Waals surface area contributed by atoms with Crippen molar-refractivity contribution in [2.45, 2.75) is 0 Å². The van der Waals surface area contributed by atoms with Gasteiger partial charge in [-0.25, -0.2) is 4.39 Å². The summed E-state index contributed by atoms with van der Waals surface area (Å²) in [5, 5.41) is 15.4. The predicted molar refractivity (Wildman–Crippen MR) is 31.8 cm³/mol. The Kier molecular flexibility index (Phi) is 2.00. The van der Waals surface area contributed by atoms with Crippen molar-refractivity contribution in [1.29, 1.82) is 0 Å². The predicted octanol–water partition coefficient (Wildman–Crippen LogP) is 0.624. The lowest BCUT2D eigenvalue weighted by Gasteiger charge is -1.88. The molecule has 1 rings (SSSR count). The Morgan fingerprint density at radius 1 is 1.91 bits per heavy atom. The van der Waals surface area contributed by atoms with Gasteiger partial charge in [0.1, 0.15) is 0 Å². The third-order valence-electron chi connectivity index (χ3n) is 0.940. The van der Waals surface area contributed by atoms with E-state index in [0.29, 0.717) is 0 Å². The lowest BCUT2D eigenvalue weighted by Crippen LogP contribution is -1.88. The molecule has 60 valence electrons. The second kappa shape index (κ2) is 2.95. The summed E-state index contributed by atoms with van der Waals surface area (Å²) in [6.07, 6.45) is 0. The van der Waals surface area contributed by atoms with E-state index in [2.05, 4.69) is 9.84 Å². The Bertz CT molecular complexity index is 261. The van der Waals surface area contributed by atoms with Gasteiger partial charge in [0.05, 0.1) is 6.07 Å². The summed E-state index contributed by atoms with van der Waals surface area (Å²) in [4.78, 5) is 9.32. The molecule has 0 aliphatic carbocycles. The molecule has 1 N–H and O–H groups in total. The van der Waals surface area contributed by atoms with Crippen LogP contribution in [0, 0.1) is 10.1 Å². The molecule has 1 heterocycles. The van der Waals surface area contributed by atoms with Crippen molar-refractivity contribution < 1.29 is 14.1 Å². The van der Waals surface area contributed by atoms with Crippen LogP contribution in [0.3, 0.4) is 0 Å². The van der Waals surface area contributed by atoms with Crippen LogP contribution in [0.4, 0.5) is 10.2 Å². The van der Waals surface area contributed by atoms with Crippen LogP contribution in [0.1, 0.15) is 0 Å². The number of ether oxygens (including phenoxy) is 1. The summed E-state index contributed by atoms with van der Waals surface area (Å²) in [5.41, 5.74) is 0. The number of alkyl halides is 1. The van der Waals surface area contributed by atoms with E-state index in [0.717, 1.165) is 6.07 Å². The number of H-pyrrole nitrogens is 1. The van der Waals surface area contributed by atoms with Crippen molar-refractivity contribution >= 4 is 5.82 Å². The molecule has 0 unspecified atom stereocenters. The molecule has 0 amide bonds. The third-order valence-corrected chi connectivity index (χ3v) is 0.940. The highest BCUT2D eigenvalue weighted by Crippen LogP contribution is 2.13. The summed E-state index contributed by atoms with van der Waals surface area (Å²) < 4.78 is 15.7. The molecule has 0 saturated carbocycles. The van der Waals surface area contributed by atoms with E-state index in [9.17, 15) is 14.5 Å². The molecule has 1 aromatic rings. The number of halogens is 1. The SMILES string of the molecule is O=[N+]([O-])c1cc(OCF)n[nH]1. The van der Waals surface area contributed by atoms with Gasteiger partial charge in [0.25, 0.3) is 5.88 Å². The Balaban J connectivity index is 2.73. The average Bonchev–Trinajstić information content (AvgIpc) is 2.37. The fraction of sp³-hybridized carbons (Fsp3) is 0.250. The van der Waals surface area contributed by atoms with Gasteiger partial charge in [0.15, 0.2) is 0 Å². The summed E-state index contributed by atoms with van der Waals surface area (Å²) >= 11 is 0. The topological polar surface area (TPSA) is 81.1 Å². The van der Waals surface area contributed by atoms with Gasteiger partial charge in [0, 0.05) is 0 Å². The zero-order chi connectivity index (χ0) is 8.27. The highest BCUT2D eigenvalue weighted by molar-refractivity contribution is 5.24. The van der Waals surface area contributed by atoms with Crippen LogP contribution >= 0.6 is 0 Å². The third kappa shape index (κ3) is 1.63.